The summed E-state index contributed by atoms with van der Waals surface area (Å²) < 4.78 is 48.5. The molecule has 0 bridgehead atoms. The van der Waals surface area contributed by atoms with Gasteiger partial charge in [-0.25, -0.2) is 21.8 Å². The average molecular weight is 327 g/mol. The summed E-state index contributed by atoms with van der Waals surface area (Å²) in [6.07, 6.45) is 1.43. The molecule has 0 fully saturated rings. The topological polar surface area (TPSA) is 84.4 Å². The van der Waals surface area contributed by atoms with Crippen molar-refractivity contribution in [2.24, 2.45) is 0 Å². The van der Waals surface area contributed by atoms with E-state index in [4.69, 9.17) is 11.6 Å². The monoisotopic (exact) mass is 326 g/mol. The van der Waals surface area contributed by atoms with Gasteiger partial charge in [0.15, 0.2) is 5.15 Å². The van der Waals surface area contributed by atoms with Gasteiger partial charge in [0.25, 0.3) is 0 Å². The number of anilines is 1. The minimum Gasteiger partial charge on any atom is -0.242 e. The molecular formula is C10H15ClN2O4S2. The highest BCUT2D eigenvalue weighted by Gasteiger charge is 2.33. The van der Waals surface area contributed by atoms with Crippen LogP contribution < -0.4 is 3.71 Å². The summed E-state index contributed by atoms with van der Waals surface area (Å²) >= 11 is 5.84. The molecule has 0 saturated heterocycles. The van der Waals surface area contributed by atoms with Gasteiger partial charge in [-0.15, -0.1) is 0 Å². The van der Waals surface area contributed by atoms with Gasteiger partial charge in [0.1, 0.15) is 5.69 Å². The fraction of sp³-hybridized carbons (Fsp3) is 0.500. The zero-order valence-electron chi connectivity index (χ0n) is 10.8. The first-order chi connectivity index (χ1) is 8.65. The molecule has 1 rings (SSSR count). The van der Waals surface area contributed by atoms with Gasteiger partial charge in [-0.1, -0.05) is 11.6 Å². The zero-order chi connectivity index (χ0) is 14.8. The molecule has 0 atom stereocenters. The summed E-state index contributed by atoms with van der Waals surface area (Å²) in [6, 6.07) is 1.38. The summed E-state index contributed by atoms with van der Waals surface area (Å²) in [5.74, 6) is -0.701. The molecule has 0 aliphatic carbocycles. The number of rotatable bonds is 5. The Balaban J connectivity index is 3.63. The molecule has 1 aromatic heterocycles. The Morgan fingerprint density at radius 2 is 1.63 bits per heavy atom. The predicted octanol–water partition coefficient (Wildman–Crippen LogP) is 1.55. The van der Waals surface area contributed by atoms with Gasteiger partial charge < -0.3 is 0 Å². The van der Waals surface area contributed by atoms with Crippen molar-refractivity contribution in [2.75, 3.05) is 15.2 Å². The molecule has 0 aliphatic heterocycles. The van der Waals surface area contributed by atoms with Crippen LogP contribution in [0.4, 0.5) is 5.69 Å². The largest absolute Gasteiger partial charge is 0.248 e. The molecule has 0 spiro atoms. The van der Waals surface area contributed by atoms with E-state index >= 15 is 0 Å². The second kappa shape index (κ2) is 5.64. The fourth-order valence-electron chi connectivity index (χ4n) is 1.37. The van der Waals surface area contributed by atoms with Crippen molar-refractivity contribution in [1.82, 2.24) is 4.98 Å². The van der Waals surface area contributed by atoms with Crippen LogP contribution >= 0.6 is 11.6 Å². The smallest absolute Gasteiger partial charge is 0.242 e. The van der Waals surface area contributed by atoms with E-state index in [0.29, 0.717) is 9.27 Å². The van der Waals surface area contributed by atoms with Crippen LogP contribution in [-0.2, 0) is 20.0 Å². The van der Waals surface area contributed by atoms with E-state index in [1.807, 2.05) is 0 Å². The minimum atomic E-state index is -4.00. The molecule has 0 aromatic carbocycles. The highest BCUT2D eigenvalue weighted by molar-refractivity contribution is 8.10. The molecule has 0 aliphatic rings. The summed E-state index contributed by atoms with van der Waals surface area (Å²) in [5, 5.41) is -0.167. The fourth-order valence-corrected chi connectivity index (χ4v) is 5.02. The third kappa shape index (κ3) is 3.37. The van der Waals surface area contributed by atoms with Crippen LogP contribution in [0, 0.1) is 6.92 Å². The van der Waals surface area contributed by atoms with Crippen LogP contribution in [0.2, 0.25) is 5.15 Å². The first-order valence-electron chi connectivity index (χ1n) is 5.53. The molecule has 108 valence electrons. The van der Waals surface area contributed by atoms with Gasteiger partial charge in [-0.3, -0.25) is 0 Å². The number of aromatic nitrogens is 1. The standard InChI is InChI=1S/C10H15ClN2O4S2/c1-4-18(14,15)13(19(16,17)5-2)9-6-8(3)7-12-10(9)11/h6-7H,4-5H2,1-3H3. The van der Waals surface area contributed by atoms with E-state index < -0.39 is 20.0 Å². The Kier molecular flexibility index (Phi) is 4.81. The van der Waals surface area contributed by atoms with Crippen LogP contribution in [0.1, 0.15) is 19.4 Å². The van der Waals surface area contributed by atoms with Crippen LogP contribution in [0.3, 0.4) is 0 Å². The molecule has 0 amide bonds. The number of aryl methyl sites for hydroxylation is 1. The second-order valence-electron chi connectivity index (χ2n) is 3.82. The Bertz CT molecular complexity index is 637. The summed E-state index contributed by atoms with van der Waals surface area (Å²) in [7, 11) is -8.00. The van der Waals surface area contributed by atoms with Gasteiger partial charge in [0, 0.05) is 6.20 Å². The molecule has 0 N–H and O–H groups in total. The van der Waals surface area contributed by atoms with Crippen molar-refractivity contribution in [3.63, 3.8) is 0 Å². The molecule has 0 saturated carbocycles. The van der Waals surface area contributed by atoms with E-state index in [9.17, 15) is 16.8 Å². The highest BCUT2D eigenvalue weighted by Crippen LogP contribution is 2.29. The van der Waals surface area contributed by atoms with Crippen molar-refractivity contribution >= 4 is 37.3 Å². The Morgan fingerprint density at radius 1 is 1.16 bits per heavy atom. The molecular weight excluding hydrogens is 312 g/mol. The maximum Gasteiger partial charge on any atom is 0.248 e. The molecule has 1 aromatic rings. The second-order valence-corrected chi connectivity index (χ2v) is 8.62. The number of sulfonamides is 2. The van der Waals surface area contributed by atoms with Gasteiger partial charge in [0.05, 0.1) is 11.5 Å². The van der Waals surface area contributed by atoms with Gasteiger partial charge in [-0.05, 0) is 32.4 Å². The van der Waals surface area contributed by atoms with Crippen LogP contribution in [0.5, 0.6) is 0 Å². The average Bonchev–Trinajstić information content (AvgIpc) is 2.33. The Labute approximate surface area is 118 Å². The van der Waals surface area contributed by atoms with Gasteiger partial charge in [-0.2, -0.15) is 3.71 Å². The van der Waals surface area contributed by atoms with Crippen molar-refractivity contribution in [3.05, 3.63) is 23.0 Å². The van der Waals surface area contributed by atoms with Crippen molar-refractivity contribution in [3.8, 4) is 0 Å². The van der Waals surface area contributed by atoms with Crippen molar-refractivity contribution < 1.29 is 16.8 Å². The summed E-state index contributed by atoms with van der Waals surface area (Å²) in [6.45, 7) is 4.40. The van der Waals surface area contributed by atoms with Crippen LogP contribution in [-0.4, -0.2) is 33.3 Å². The lowest BCUT2D eigenvalue weighted by Gasteiger charge is -2.23. The molecule has 0 radical (unpaired) electrons. The Hall–Kier alpha value is -0.860. The number of hydrogen-bond acceptors (Lipinski definition) is 5. The number of pyridine rings is 1. The molecule has 19 heavy (non-hydrogen) atoms. The van der Waals surface area contributed by atoms with E-state index in [1.54, 1.807) is 6.92 Å². The summed E-state index contributed by atoms with van der Waals surface area (Å²) in [5.41, 5.74) is 0.479. The van der Waals surface area contributed by atoms with E-state index in [0.717, 1.165) is 0 Å². The van der Waals surface area contributed by atoms with Crippen LogP contribution in [0.15, 0.2) is 12.3 Å². The quantitative estimate of drug-likeness (QED) is 0.766. The maximum atomic E-state index is 12.0. The highest BCUT2D eigenvalue weighted by atomic mass is 35.5. The number of halogens is 1. The van der Waals surface area contributed by atoms with E-state index in [1.165, 1.54) is 26.1 Å². The molecule has 6 nitrogen and oxygen atoms in total. The number of hydrogen-bond donors (Lipinski definition) is 0. The maximum absolute atomic E-state index is 12.0. The predicted molar refractivity (Wildman–Crippen MR) is 75.4 cm³/mol. The normalized spacial score (nSPS) is 12.4. The van der Waals surface area contributed by atoms with Crippen molar-refractivity contribution in [1.29, 1.82) is 0 Å². The third-order valence-electron chi connectivity index (χ3n) is 2.39. The van der Waals surface area contributed by atoms with Gasteiger partial charge >= 0.3 is 0 Å². The Morgan fingerprint density at radius 3 is 2.05 bits per heavy atom. The minimum absolute atomic E-state index is 0.134. The summed E-state index contributed by atoms with van der Waals surface area (Å²) in [4.78, 5) is 3.79. The van der Waals surface area contributed by atoms with Crippen LogP contribution in [0.25, 0.3) is 0 Å². The number of nitrogens with zero attached hydrogens (tertiary/aromatic N) is 2. The lowest BCUT2D eigenvalue weighted by molar-refractivity contribution is 0.585. The van der Waals surface area contributed by atoms with Gasteiger partial charge in [0.2, 0.25) is 20.0 Å². The third-order valence-corrected chi connectivity index (χ3v) is 6.91. The molecule has 0 unspecified atom stereocenters. The first-order valence-corrected chi connectivity index (χ1v) is 9.13. The first kappa shape index (κ1) is 16.2. The zero-order valence-corrected chi connectivity index (χ0v) is 13.2. The molecule has 9 heteroatoms. The van der Waals surface area contributed by atoms with Crippen molar-refractivity contribution in [2.45, 2.75) is 20.8 Å². The molecule has 1 heterocycles. The van der Waals surface area contributed by atoms with E-state index in [-0.39, 0.29) is 22.3 Å². The SMILES string of the molecule is CCS(=O)(=O)N(c1cc(C)cnc1Cl)S(=O)(=O)CC. The van der Waals surface area contributed by atoms with E-state index in [2.05, 4.69) is 4.98 Å². The lowest BCUT2D eigenvalue weighted by Crippen LogP contribution is -2.39. The lowest BCUT2D eigenvalue weighted by atomic mass is 10.3.